The Kier molecular flexibility index (Phi) is 61.3. The molecule has 0 bridgehead atoms. The molecule has 0 aromatic heterocycles. The molecular weight excluding hydrogens is 1210 g/mol. The Bertz CT molecular complexity index is 1820. The Hall–Kier alpha value is -1.94. The Labute approximate surface area is 562 Å². The number of phosphoric ester groups is 2. The first kappa shape index (κ1) is 90.1. The maximum atomic E-state index is 13.0. The van der Waals surface area contributed by atoms with E-state index in [1.165, 1.54) is 167 Å². The molecule has 0 aromatic rings. The molecule has 0 amide bonds. The van der Waals surface area contributed by atoms with Crippen LogP contribution >= 0.6 is 15.6 Å². The molecule has 546 valence electrons. The number of aliphatic hydroxyl groups is 1. The summed E-state index contributed by atoms with van der Waals surface area (Å²) in [5.41, 5.74) is 0. The van der Waals surface area contributed by atoms with Crippen molar-refractivity contribution in [2.45, 2.75) is 382 Å². The van der Waals surface area contributed by atoms with Crippen LogP contribution in [0.5, 0.6) is 0 Å². The van der Waals surface area contributed by atoms with Crippen LogP contribution in [0.2, 0.25) is 0 Å². The van der Waals surface area contributed by atoms with E-state index in [-0.39, 0.29) is 25.7 Å². The molecule has 6 atom stereocenters. The number of rotatable bonds is 70. The third-order valence-corrected chi connectivity index (χ3v) is 19.1. The van der Waals surface area contributed by atoms with E-state index >= 15 is 0 Å². The van der Waals surface area contributed by atoms with Crippen molar-refractivity contribution in [3.05, 3.63) is 0 Å². The fourth-order valence-corrected chi connectivity index (χ4v) is 12.6. The molecule has 0 fully saturated rings. The number of phosphoric acid groups is 2. The van der Waals surface area contributed by atoms with Crippen molar-refractivity contribution >= 4 is 39.5 Å². The molecule has 0 saturated carbocycles. The topological polar surface area (TPSA) is 237 Å². The zero-order chi connectivity index (χ0) is 68.2. The summed E-state index contributed by atoms with van der Waals surface area (Å²) in [6.07, 6.45) is 46.3. The average molecular weight is 1350 g/mol. The van der Waals surface area contributed by atoms with E-state index in [1.54, 1.807) is 0 Å². The van der Waals surface area contributed by atoms with Crippen LogP contribution in [0.3, 0.4) is 0 Å². The van der Waals surface area contributed by atoms with Gasteiger partial charge in [-0.3, -0.25) is 37.3 Å². The molecule has 0 saturated heterocycles. The van der Waals surface area contributed by atoms with Crippen molar-refractivity contribution in [2.24, 2.45) is 23.7 Å². The molecule has 3 N–H and O–H groups in total. The summed E-state index contributed by atoms with van der Waals surface area (Å²) >= 11 is 0. The highest BCUT2D eigenvalue weighted by Gasteiger charge is 2.30. The van der Waals surface area contributed by atoms with Crippen LogP contribution < -0.4 is 0 Å². The molecule has 0 aliphatic carbocycles. The number of hydrogen-bond acceptors (Lipinski definition) is 15. The van der Waals surface area contributed by atoms with Crippen LogP contribution in [0, 0.1) is 23.7 Å². The number of carbonyl (C=O) groups excluding carboxylic acids is 4. The molecule has 0 aromatic carbocycles. The summed E-state index contributed by atoms with van der Waals surface area (Å²) in [5, 5.41) is 10.6. The quantitative estimate of drug-likeness (QED) is 0.0222. The zero-order valence-electron chi connectivity index (χ0n) is 60.2. The second-order valence-corrected chi connectivity index (χ2v) is 30.9. The van der Waals surface area contributed by atoms with E-state index < -0.39 is 97.5 Å². The molecular formula is C73H142O17P2. The van der Waals surface area contributed by atoms with Gasteiger partial charge < -0.3 is 33.8 Å². The number of aliphatic hydroxyl groups excluding tert-OH is 1. The van der Waals surface area contributed by atoms with Crippen LogP contribution in [0.25, 0.3) is 0 Å². The van der Waals surface area contributed by atoms with Gasteiger partial charge in [-0.2, -0.15) is 0 Å². The molecule has 4 unspecified atom stereocenters. The lowest BCUT2D eigenvalue weighted by Crippen LogP contribution is -2.30. The predicted molar refractivity (Wildman–Crippen MR) is 372 cm³/mol. The number of carbonyl (C=O) groups is 4. The lowest BCUT2D eigenvalue weighted by Gasteiger charge is -2.21. The van der Waals surface area contributed by atoms with Gasteiger partial charge in [-0.25, -0.2) is 9.13 Å². The van der Waals surface area contributed by atoms with E-state index in [1.807, 2.05) is 0 Å². The van der Waals surface area contributed by atoms with Gasteiger partial charge in [0, 0.05) is 25.7 Å². The van der Waals surface area contributed by atoms with Crippen LogP contribution in [-0.2, 0) is 65.4 Å². The van der Waals surface area contributed by atoms with Crippen molar-refractivity contribution in [2.75, 3.05) is 39.6 Å². The fourth-order valence-electron chi connectivity index (χ4n) is 11.0. The second-order valence-electron chi connectivity index (χ2n) is 28.0. The van der Waals surface area contributed by atoms with E-state index in [0.29, 0.717) is 37.5 Å². The monoisotopic (exact) mass is 1350 g/mol. The maximum absolute atomic E-state index is 13.0. The fraction of sp³-hybridized carbons (Fsp3) is 0.945. The summed E-state index contributed by atoms with van der Waals surface area (Å²) in [5.74, 6) is 0.831. The van der Waals surface area contributed by atoms with Gasteiger partial charge in [0.25, 0.3) is 0 Å². The first-order valence-electron chi connectivity index (χ1n) is 37.7. The molecule has 0 radical (unpaired) electrons. The number of hydrogen-bond donors (Lipinski definition) is 3. The van der Waals surface area contributed by atoms with Gasteiger partial charge in [-0.1, -0.05) is 312 Å². The predicted octanol–water partition coefficient (Wildman–Crippen LogP) is 20.9. The molecule has 92 heavy (non-hydrogen) atoms. The molecule has 0 heterocycles. The van der Waals surface area contributed by atoms with Gasteiger partial charge in [-0.05, 0) is 49.4 Å². The molecule has 0 aliphatic rings. The zero-order valence-corrected chi connectivity index (χ0v) is 62.0. The van der Waals surface area contributed by atoms with Gasteiger partial charge in [0.05, 0.1) is 26.4 Å². The van der Waals surface area contributed by atoms with Crippen molar-refractivity contribution in [3.63, 3.8) is 0 Å². The molecule has 17 nitrogen and oxygen atoms in total. The average Bonchev–Trinajstić information content (AvgIpc) is 1.49. The minimum atomic E-state index is -4.95. The van der Waals surface area contributed by atoms with E-state index in [2.05, 4.69) is 55.4 Å². The van der Waals surface area contributed by atoms with Crippen molar-refractivity contribution in [1.29, 1.82) is 0 Å². The Morgan fingerprint density at radius 3 is 0.772 bits per heavy atom. The Balaban J connectivity index is 5.09. The van der Waals surface area contributed by atoms with Crippen LogP contribution in [0.1, 0.15) is 364 Å². The first-order valence-corrected chi connectivity index (χ1v) is 40.7. The minimum Gasteiger partial charge on any atom is -0.462 e. The highest BCUT2D eigenvalue weighted by atomic mass is 31.2. The lowest BCUT2D eigenvalue weighted by atomic mass is 9.99. The van der Waals surface area contributed by atoms with Crippen LogP contribution in [0.4, 0.5) is 0 Å². The number of esters is 4. The van der Waals surface area contributed by atoms with Crippen molar-refractivity contribution < 1.29 is 80.2 Å². The van der Waals surface area contributed by atoms with E-state index in [0.717, 1.165) is 102 Å². The van der Waals surface area contributed by atoms with Crippen LogP contribution in [0.15, 0.2) is 0 Å². The highest BCUT2D eigenvalue weighted by Crippen LogP contribution is 2.45. The summed E-state index contributed by atoms with van der Waals surface area (Å²) in [6, 6.07) is 0. The number of unbranched alkanes of at least 4 members (excludes halogenated alkanes) is 35. The van der Waals surface area contributed by atoms with Gasteiger partial charge >= 0.3 is 39.5 Å². The van der Waals surface area contributed by atoms with E-state index in [9.17, 15) is 43.2 Å². The smallest absolute Gasteiger partial charge is 0.462 e. The summed E-state index contributed by atoms with van der Waals surface area (Å²) in [4.78, 5) is 72.5. The first-order chi connectivity index (χ1) is 44.1. The second kappa shape index (κ2) is 62.6. The largest absolute Gasteiger partial charge is 0.472 e. The summed E-state index contributed by atoms with van der Waals surface area (Å²) in [7, 11) is -9.90. The third kappa shape index (κ3) is 65.4. The maximum Gasteiger partial charge on any atom is 0.472 e. The molecule has 0 rings (SSSR count). The highest BCUT2D eigenvalue weighted by molar-refractivity contribution is 7.47. The van der Waals surface area contributed by atoms with Gasteiger partial charge in [-0.15, -0.1) is 0 Å². The van der Waals surface area contributed by atoms with Gasteiger partial charge in [0.2, 0.25) is 0 Å². The minimum absolute atomic E-state index is 0.102. The SMILES string of the molecule is CCC(C)CCCCCCCCCCCCCCCCCCCCC(=O)OC[C@H](COP(=O)(O)OCC(O)COP(=O)(O)OC[C@@H](COC(=O)CCCCCCCCCCC(C)C)OC(=O)CCCCCCCCCC(C)C)OC(=O)CCCCCCCCC(C)C. The van der Waals surface area contributed by atoms with Crippen molar-refractivity contribution in [3.8, 4) is 0 Å². The standard InChI is InChI=1S/C73H142O17P2/c1-9-66(8)52-44-36-27-20-18-16-14-12-10-11-13-15-17-19-21-28-37-45-53-70(75)83-60-69(90-73(78)56-48-40-32-31-35-43-51-65(6)7)62-88-92(81,82)86-58-67(74)57-85-91(79,80)87-61-68(89-72(77)55-47-39-30-24-26-34-42-50-64(4)5)59-84-71(76)54-46-38-29-23-22-25-33-41-49-63(2)3/h63-69,74H,9-62H2,1-8H3,(H,79,80)(H,81,82)/t66?,67?,68-,69-/m1/s1. The van der Waals surface area contributed by atoms with Gasteiger partial charge in [0.1, 0.15) is 19.3 Å². The molecule has 0 aliphatic heterocycles. The molecule has 0 spiro atoms. The summed E-state index contributed by atoms with van der Waals surface area (Å²) < 4.78 is 68.2. The lowest BCUT2D eigenvalue weighted by molar-refractivity contribution is -0.161. The number of ether oxygens (including phenoxy) is 4. The van der Waals surface area contributed by atoms with Crippen molar-refractivity contribution in [1.82, 2.24) is 0 Å². The van der Waals surface area contributed by atoms with Gasteiger partial charge in [0.15, 0.2) is 12.2 Å². The summed E-state index contributed by atoms with van der Waals surface area (Å²) in [6.45, 7) is 14.0. The Morgan fingerprint density at radius 2 is 0.522 bits per heavy atom. The normalized spacial score (nSPS) is 14.5. The molecule has 19 heteroatoms. The Morgan fingerprint density at radius 1 is 0.304 bits per heavy atom. The third-order valence-electron chi connectivity index (χ3n) is 17.2. The van der Waals surface area contributed by atoms with E-state index in [4.69, 9.17) is 37.0 Å². The van der Waals surface area contributed by atoms with Crippen LogP contribution in [-0.4, -0.2) is 96.7 Å².